The summed E-state index contributed by atoms with van der Waals surface area (Å²) in [5.41, 5.74) is -1.65. The number of alkyl halides is 3. The van der Waals surface area contributed by atoms with Crippen molar-refractivity contribution in [1.82, 2.24) is 5.32 Å². The number of carbonyl (C=O) groups is 1. The van der Waals surface area contributed by atoms with Crippen molar-refractivity contribution < 1.29 is 26.4 Å². The summed E-state index contributed by atoms with van der Waals surface area (Å²) in [4.78, 5) is 11.6. The van der Waals surface area contributed by atoms with Gasteiger partial charge in [-0.25, -0.2) is 8.42 Å². The van der Waals surface area contributed by atoms with Gasteiger partial charge in [0.15, 0.2) is 0 Å². The van der Waals surface area contributed by atoms with Crippen LogP contribution >= 0.6 is 0 Å². The molecule has 0 aromatic heterocycles. The number of nitrogens with one attached hydrogen (secondary N) is 2. The fraction of sp³-hybridized carbons (Fsp3) is 0.118. The maximum Gasteiger partial charge on any atom is 0.418 e. The van der Waals surface area contributed by atoms with E-state index in [1.54, 1.807) is 0 Å². The molecule has 0 atom stereocenters. The van der Waals surface area contributed by atoms with Crippen LogP contribution in [0.3, 0.4) is 0 Å². The first-order valence-electron chi connectivity index (χ1n) is 7.33. The van der Waals surface area contributed by atoms with Crippen LogP contribution in [0, 0.1) is 0 Å². The van der Waals surface area contributed by atoms with Crippen molar-refractivity contribution in [2.45, 2.75) is 11.1 Å². The van der Waals surface area contributed by atoms with Gasteiger partial charge in [-0.2, -0.15) is 13.2 Å². The maximum absolute atomic E-state index is 13.0. The number of benzene rings is 2. The van der Waals surface area contributed by atoms with Crippen LogP contribution in [-0.2, 0) is 16.2 Å². The van der Waals surface area contributed by atoms with E-state index in [0.29, 0.717) is 0 Å². The average Bonchev–Trinajstić information content (AvgIpc) is 2.59. The third kappa shape index (κ3) is 4.63. The molecular weight excluding hydrogens is 369 g/mol. The van der Waals surface area contributed by atoms with Crippen LogP contribution in [0.1, 0.15) is 15.9 Å². The Morgan fingerprint density at radius 2 is 1.81 bits per heavy atom. The molecule has 0 fully saturated rings. The summed E-state index contributed by atoms with van der Waals surface area (Å²) in [6.45, 7) is 3.63. The molecule has 0 saturated heterocycles. The molecule has 9 heteroatoms. The third-order valence-corrected chi connectivity index (χ3v) is 4.65. The third-order valence-electron chi connectivity index (χ3n) is 3.29. The second kappa shape index (κ2) is 7.61. The minimum absolute atomic E-state index is 0.0545. The first-order chi connectivity index (χ1) is 12.1. The Morgan fingerprint density at radius 1 is 1.12 bits per heavy atom. The van der Waals surface area contributed by atoms with E-state index in [1.807, 2.05) is 4.72 Å². The van der Waals surface area contributed by atoms with Gasteiger partial charge in [0.2, 0.25) is 0 Å². The van der Waals surface area contributed by atoms with E-state index in [2.05, 4.69) is 11.9 Å². The summed E-state index contributed by atoms with van der Waals surface area (Å²) in [6, 6.07) is 9.21. The quantitative estimate of drug-likeness (QED) is 0.750. The number of hydrogen-bond acceptors (Lipinski definition) is 3. The Labute approximate surface area is 148 Å². The van der Waals surface area contributed by atoms with Crippen molar-refractivity contribution in [1.29, 1.82) is 0 Å². The normalized spacial score (nSPS) is 11.7. The minimum Gasteiger partial charge on any atom is -0.349 e. The van der Waals surface area contributed by atoms with Crippen molar-refractivity contribution in [2.75, 3.05) is 11.3 Å². The first-order valence-corrected chi connectivity index (χ1v) is 8.81. The van der Waals surface area contributed by atoms with E-state index in [0.717, 1.165) is 24.3 Å². The van der Waals surface area contributed by atoms with Gasteiger partial charge in [-0.05, 0) is 30.3 Å². The van der Waals surface area contributed by atoms with Gasteiger partial charge in [0.25, 0.3) is 15.9 Å². The molecule has 0 heterocycles. The lowest BCUT2D eigenvalue weighted by atomic mass is 10.2. The number of amides is 1. The van der Waals surface area contributed by atoms with Crippen molar-refractivity contribution in [3.63, 3.8) is 0 Å². The van der Waals surface area contributed by atoms with E-state index < -0.39 is 33.4 Å². The van der Waals surface area contributed by atoms with E-state index in [1.165, 1.54) is 30.3 Å². The highest BCUT2D eigenvalue weighted by Gasteiger charge is 2.34. The Bertz CT molecular complexity index is 925. The predicted octanol–water partition coefficient (Wildman–Crippen LogP) is 3.42. The zero-order valence-corrected chi connectivity index (χ0v) is 14.2. The fourth-order valence-electron chi connectivity index (χ4n) is 2.09. The molecule has 0 bridgehead atoms. The van der Waals surface area contributed by atoms with Crippen LogP contribution in [0.5, 0.6) is 0 Å². The van der Waals surface area contributed by atoms with Gasteiger partial charge in [0, 0.05) is 12.1 Å². The van der Waals surface area contributed by atoms with Gasteiger partial charge >= 0.3 is 6.18 Å². The van der Waals surface area contributed by atoms with Crippen LogP contribution in [0.15, 0.2) is 66.1 Å². The molecule has 0 unspecified atom stereocenters. The van der Waals surface area contributed by atoms with E-state index >= 15 is 0 Å². The molecule has 138 valence electrons. The predicted molar refractivity (Wildman–Crippen MR) is 91.2 cm³/mol. The number of sulfonamides is 1. The Kier molecular flexibility index (Phi) is 5.71. The molecule has 0 saturated carbocycles. The number of halogens is 3. The highest BCUT2D eigenvalue weighted by molar-refractivity contribution is 7.92. The van der Waals surface area contributed by atoms with Gasteiger partial charge in [-0.3, -0.25) is 9.52 Å². The number of carbonyl (C=O) groups excluding carboxylic acids is 1. The molecule has 5 nitrogen and oxygen atoms in total. The van der Waals surface area contributed by atoms with E-state index in [4.69, 9.17) is 0 Å². The Hall–Kier alpha value is -2.81. The smallest absolute Gasteiger partial charge is 0.349 e. The molecule has 0 aliphatic carbocycles. The highest BCUT2D eigenvalue weighted by Crippen LogP contribution is 2.35. The molecule has 2 aromatic rings. The van der Waals surface area contributed by atoms with Gasteiger partial charge in [0.1, 0.15) is 0 Å². The molecule has 2 N–H and O–H groups in total. The van der Waals surface area contributed by atoms with Gasteiger partial charge < -0.3 is 5.32 Å². The lowest BCUT2D eigenvalue weighted by Gasteiger charge is -2.15. The van der Waals surface area contributed by atoms with E-state index in [-0.39, 0.29) is 17.0 Å². The van der Waals surface area contributed by atoms with Crippen LogP contribution in [-0.4, -0.2) is 20.9 Å². The molecular formula is C17H15F3N2O3S. The summed E-state index contributed by atoms with van der Waals surface area (Å²) in [7, 11) is -4.32. The number of para-hydroxylation sites is 1. The highest BCUT2D eigenvalue weighted by atomic mass is 32.2. The number of anilines is 1. The lowest BCUT2D eigenvalue weighted by Crippen LogP contribution is -2.23. The summed E-state index contributed by atoms with van der Waals surface area (Å²) < 4.78 is 65.9. The van der Waals surface area contributed by atoms with Crippen molar-refractivity contribution >= 4 is 21.6 Å². The number of hydrogen-bond donors (Lipinski definition) is 2. The SMILES string of the molecule is C=CCNC(=O)c1cccc(S(=O)(=O)Nc2ccccc2C(F)(F)F)c1. The number of rotatable bonds is 6. The molecule has 1 amide bonds. The molecule has 2 rings (SSSR count). The van der Waals surface area contributed by atoms with Gasteiger partial charge in [-0.1, -0.05) is 24.3 Å². The fourth-order valence-corrected chi connectivity index (χ4v) is 3.22. The zero-order chi connectivity index (χ0) is 19.4. The maximum atomic E-state index is 13.0. The average molecular weight is 384 g/mol. The lowest BCUT2D eigenvalue weighted by molar-refractivity contribution is -0.136. The molecule has 26 heavy (non-hydrogen) atoms. The second-order valence-corrected chi connectivity index (χ2v) is 6.86. The monoisotopic (exact) mass is 384 g/mol. The first kappa shape index (κ1) is 19.5. The van der Waals surface area contributed by atoms with Gasteiger partial charge in [0.05, 0.1) is 16.1 Å². The molecule has 0 radical (unpaired) electrons. The van der Waals surface area contributed by atoms with Crippen LogP contribution in [0.2, 0.25) is 0 Å². The van der Waals surface area contributed by atoms with Crippen LogP contribution in [0.4, 0.5) is 18.9 Å². The van der Waals surface area contributed by atoms with Crippen molar-refractivity contribution in [2.24, 2.45) is 0 Å². The summed E-state index contributed by atoms with van der Waals surface area (Å²) in [6.07, 6.45) is -3.26. The largest absolute Gasteiger partial charge is 0.418 e. The Morgan fingerprint density at radius 3 is 2.46 bits per heavy atom. The second-order valence-electron chi connectivity index (χ2n) is 5.18. The van der Waals surface area contributed by atoms with Crippen LogP contribution in [0.25, 0.3) is 0 Å². The van der Waals surface area contributed by atoms with Gasteiger partial charge in [-0.15, -0.1) is 6.58 Å². The molecule has 0 aliphatic heterocycles. The summed E-state index contributed by atoms with van der Waals surface area (Å²) in [5, 5.41) is 2.49. The summed E-state index contributed by atoms with van der Waals surface area (Å²) >= 11 is 0. The standard InChI is InChI=1S/C17H15F3N2O3S/c1-2-10-21-16(23)12-6-5-7-13(11-12)26(24,25)22-15-9-4-3-8-14(15)17(18,19)20/h2-9,11,22H,1,10H2,(H,21,23). The van der Waals surface area contributed by atoms with Crippen LogP contribution < -0.4 is 10.0 Å². The van der Waals surface area contributed by atoms with Crippen molar-refractivity contribution in [3.8, 4) is 0 Å². The molecule has 0 spiro atoms. The Balaban J connectivity index is 2.35. The topological polar surface area (TPSA) is 75.3 Å². The zero-order valence-electron chi connectivity index (χ0n) is 13.4. The van der Waals surface area contributed by atoms with E-state index in [9.17, 15) is 26.4 Å². The molecule has 2 aromatic carbocycles. The van der Waals surface area contributed by atoms with Crippen molar-refractivity contribution in [3.05, 3.63) is 72.3 Å². The molecule has 0 aliphatic rings. The minimum atomic E-state index is -4.72. The summed E-state index contributed by atoms with van der Waals surface area (Å²) in [5.74, 6) is -0.530.